The summed E-state index contributed by atoms with van der Waals surface area (Å²) in [7, 11) is 0. The van der Waals surface area contributed by atoms with Crippen molar-refractivity contribution >= 4 is 28.5 Å². The van der Waals surface area contributed by atoms with Gasteiger partial charge in [-0.1, -0.05) is 30.3 Å². The maximum absolute atomic E-state index is 10.4. The number of hydrogen-bond acceptors (Lipinski definition) is 2. The molecule has 0 bridgehead atoms. The molecule has 0 aliphatic carbocycles. The Balaban J connectivity index is 2.10. The summed E-state index contributed by atoms with van der Waals surface area (Å²) in [5.41, 5.74) is 0. The molecule has 0 aromatic heterocycles. The van der Waals surface area contributed by atoms with E-state index in [1.807, 2.05) is 18.2 Å². The molecule has 2 aromatic carbocycles. The maximum Gasteiger partial charge on any atom is 0.304 e. The first-order chi connectivity index (χ1) is 7.75. The zero-order valence-corrected chi connectivity index (χ0v) is 9.54. The van der Waals surface area contributed by atoms with Gasteiger partial charge in [0.1, 0.15) is 0 Å². The minimum absolute atomic E-state index is 0.206. The highest BCUT2D eigenvalue weighted by Gasteiger charge is 1.99. The lowest BCUT2D eigenvalue weighted by Crippen LogP contribution is -1.95. The Hall–Kier alpha value is -1.48. The van der Waals surface area contributed by atoms with Crippen LogP contribution in [0.5, 0.6) is 0 Å². The third kappa shape index (κ3) is 2.76. The second-order valence-corrected chi connectivity index (χ2v) is 4.67. The van der Waals surface area contributed by atoms with Gasteiger partial charge < -0.3 is 5.11 Å². The molecule has 0 heterocycles. The lowest BCUT2D eigenvalue weighted by atomic mass is 10.1. The first-order valence-electron chi connectivity index (χ1n) is 5.09. The van der Waals surface area contributed by atoms with Gasteiger partial charge in [0.05, 0.1) is 6.42 Å². The van der Waals surface area contributed by atoms with Crippen LogP contribution in [-0.4, -0.2) is 16.8 Å². The molecule has 0 atom stereocenters. The fraction of sp³-hybridized carbons (Fsp3) is 0.154. The number of carbonyl (C=O) groups is 1. The van der Waals surface area contributed by atoms with Crippen LogP contribution in [0.25, 0.3) is 10.8 Å². The molecule has 0 fully saturated rings. The highest BCUT2D eigenvalue weighted by Crippen LogP contribution is 2.23. The number of rotatable bonds is 4. The molecule has 0 amide bonds. The summed E-state index contributed by atoms with van der Waals surface area (Å²) >= 11 is 1.58. The summed E-state index contributed by atoms with van der Waals surface area (Å²) < 4.78 is 0. The van der Waals surface area contributed by atoms with Crippen LogP contribution in [0.3, 0.4) is 0 Å². The van der Waals surface area contributed by atoms with E-state index in [1.54, 1.807) is 11.8 Å². The van der Waals surface area contributed by atoms with Crippen LogP contribution < -0.4 is 0 Å². The Morgan fingerprint density at radius 1 is 1.12 bits per heavy atom. The van der Waals surface area contributed by atoms with Gasteiger partial charge in [-0.25, -0.2) is 0 Å². The van der Waals surface area contributed by atoms with Gasteiger partial charge in [0.15, 0.2) is 0 Å². The van der Waals surface area contributed by atoms with E-state index in [1.165, 1.54) is 10.8 Å². The van der Waals surface area contributed by atoms with Crippen molar-refractivity contribution in [3.05, 3.63) is 42.5 Å². The molecule has 0 spiro atoms. The van der Waals surface area contributed by atoms with E-state index in [-0.39, 0.29) is 6.42 Å². The number of fused-ring (bicyclic) bond motifs is 1. The third-order valence-electron chi connectivity index (χ3n) is 2.31. The summed E-state index contributed by atoms with van der Waals surface area (Å²) in [5, 5.41) is 11.0. The van der Waals surface area contributed by atoms with Crippen LogP contribution in [0.1, 0.15) is 6.42 Å². The predicted octanol–water partition coefficient (Wildman–Crippen LogP) is 3.41. The van der Waals surface area contributed by atoms with E-state index in [0.717, 1.165) is 4.90 Å². The number of thioether (sulfide) groups is 1. The molecule has 2 rings (SSSR count). The third-order valence-corrected chi connectivity index (χ3v) is 3.30. The largest absolute Gasteiger partial charge is 0.481 e. The number of benzene rings is 2. The molecule has 2 nitrogen and oxygen atoms in total. The zero-order valence-electron chi connectivity index (χ0n) is 8.72. The van der Waals surface area contributed by atoms with Gasteiger partial charge in [0.2, 0.25) is 0 Å². The van der Waals surface area contributed by atoms with Crippen LogP contribution >= 0.6 is 11.8 Å². The number of carboxylic acid groups (broad SMARTS) is 1. The molecule has 0 saturated carbocycles. The van der Waals surface area contributed by atoms with E-state index in [9.17, 15) is 4.79 Å². The Labute approximate surface area is 98.3 Å². The molecular weight excluding hydrogens is 220 g/mol. The summed E-state index contributed by atoms with van der Waals surface area (Å²) in [6.07, 6.45) is 0.206. The fourth-order valence-electron chi connectivity index (χ4n) is 1.51. The van der Waals surface area contributed by atoms with Gasteiger partial charge in [0.25, 0.3) is 0 Å². The predicted molar refractivity (Wildman–Crippen MR) is 66.9 cm³/mol. The minimum atomic E-state index is -0.742. The molecule has 0 saturated heterocycles. The van der Waals surface area contributed by atoms with Gasteiger partial charge in [-0.3, -0.25) is 4.79 Å². The molecule has 3 heteroatoms. The molecule has 0 aliphatic heterocycles. The average molecular weight is 232 g/mol. The second-order valence-electron chi connectivity index (χ2n) is 3.50. The molecule has 0 radical (unpaired) electrons. The molecule has 82 valence electrons. The van der Waals surface area contributed by atoms with Crippen molar-refractivity contribution in [2.24, 2.45) is 0 Å². The minimum Gasteiger partial charge on any atom is -0.481 e. The lowest BCUT2D eigenvalue weighted by Gasteiger charge is -2.02. The van der Waals surface area contributed by atoms with Crippen molar-refractivity contribution in [3.63, 3.8) is 0 Å². The molecular formula is C13H12O2S. The molecule has 16 heavy (non-hydrogen) atoms. The Bertz CT molecular complexity index is 508. The van der Waals surface area contributed by atoms with E-state index >= 15 is 0 Å². The molecule has 0 unspecified atom stereocenters. The number of aliphatic carboxylic acids is 1. The van der Waals surface area contributed by atoms with Crippen molar-refractivity contribution in [1.29, 1.82) is 0 Å². The van der Waals surface area contributed by atoms with Crippen molar-refractivity contribution in [2.45, 2.75) is 11.3 Å². The molecule has 0 aliphatic rings. The van der Waals surface area contributed by atoms with Gasteiger partial charge in [0, 0.05) is 10.6 Å². The van der Waals surface area contributed by atoms with Crippen molar-refractivity contribution in [3.8, 4) is 0 Å². The quantitative estimate of drug-likeness (QED) is 0.821. The Morgan fingerprint density at radius 3 is 2.62 bits per heavy atom. The Morgan fingerprint density at radius 2 is 1.88 bits per heavy atom. The van der Waals surface area contributed by atoms with Gasteiger partial charge in [-0.2, -0.15) is 0 Å². The lowest BCUT2D eigenvalue weighted by molar-refractivity contribution is -0.136. The van der Waals surface area contributed by atoms with Gasteiger partial charge >= 0.3 is 5.97 Å². The van der Waals surface area contributed by atoms with Crippen molar-refractivity contribution in [1.82, 2.24) is 0 Å². The average Bonchev–Trinajstić information content (AvgIpc) is 2.28. The first-order valence-corrected chi connectivity index (χ1v) is 6.08. The normalized spacial score (nSPS) is 10.5. The van der Waals surface area contributed by atoms with Crippen molar-refractivity contribution < 1.29 is 9.90 Å². The van der Waals surface area contributed by atoms with E-state index in [0.29, 0.717) is 5.75 Å². The SMILES string of the molecule is O=C(O)CCSc1ccc2ccccc2c1. The summed E-state index contributed by atoms with van der Waals surface area (Å²) in [6.45, 7) is 0. The smallest absolute Gasteiger partial charge is 0.304 e. The summed E-state index contributed by atoms with van der Waals surface area (Å²) in [6, 6.07) is 14.4. The first kappa shape index (κ1) is 11.0. The van der Waals surface area contributed by atoms with Crippen LogP contribution in [0.15, 0.2) is 47.4 Å². The Kier molecular flexibility index (Phi) is 3.47. The summed E-state index contributed by atoms with van der Waals surface area (Å²) in [5.74, 6) is -0.124. The van der Waals surface area contributed by atoms with Crippen LogP contribution in [-0.2, 0) is 4.79 Å². The molecule has 2 aromatic rings. The molecule has 1 N–H and O–H groups in total. The van der Waals surface area contributed by atoms with Gasteiger partial charge in [-0.15, -0.1) is 11.8 Å². The van der Waals surface area contributed by atoms with E-state index in [4.69, 9.17) is 5.11 Å². The van der Waals surface area contributed by atoms with E-state index < -0.39 is 5.97 Å². The zero-order chi connectivity index (χ0) is 11.4. The van der Waals surface area contributed by atoms with Crippen molar-refractivity contribution in [2.75, 3.05) is 5.75 Å². The van der Waals surface area contributed by atoms with Crippen LogP contribution in [0, 0.1) is 0 Å². The monoisotopic (exact) mass is 232 g/mol. The van der Waals surface area contributed by atoms with E-state index in [2.05, 4.69) is 24.3 Å². The highest BCUT2D eigenvalue weighted by molar-refractivity contribution is 7.99. The highest BCUT2D eigenvalue weighted by atomic mass is 32.2. The van der Waals surface area contributed by atoms with Gasteiger partial charge in [-0.05, 0) is 22.9 Å². The van der Waals surface area contributed by atoms with Crippen LogP contribution in [0.2, 0.25) is 0 Å². The standard InChI is InChI=1S/C13H12O2S/c14-13(15)7-8-16-12-6-5-10-3-1-2-4-11(10)9-12/h1-6,9H,7-8H2,(H,14,15). The summed E-state index contributed by atoms with van der Waals surface area (Å²) in [4.78, 5) is 11.5. The maximum atomic E-state index is 10.4. The number of carboxylic acids is 1. The fourth-order valence-corrected chi connectivity index (χ4v) is 2.40. The topological polar surface area (TPSA) is 37.3 Å². The second kappa shape index (κ2) is 5.03. The van der Waals surface area contributed by atoms with Crippen LogP contribution in [0.4, 0.5) is 0 Å². The number of hydrogen-bond donors (Lipinski definition) is 1.